The van der Waals surface area contributed by atoms with Crippen molar-refractivity contribution in [1.82, 2.24) is 9.88 Å². The van der Waals surface area contributed by atoms with Crippen LogP contribution in [-0.2, 0) is 11.6 Å². The quantitative estimate of drug-likeness (QED) is 0.175. The Morgan fingerprint density at radius 2 is 2.11 bits per heavy atom. The first-order valence-electron chi connectivity index (χ1n) is 11.5. The van der Waals surface area contributed by atoms with Crippen molar-refractivity contribution in [2.24, 2.45) is 4.99 Å². The number of hydrogen-bond acceptors (Lipinski definition) is 5. The molecule has 0 spiro atoms. The summed E-state index contributed by atoms with van der Waals surface area (Å²) in [6.45, 7) is 0.744. The molecule has 0 aliphatic carbocycles. The van der Waals surface area contributed by atoms with Gasteiger partial charge in [-0.15, -0.1) is 0 Å². The molecule has 1 radical (unpaired) electrons. The second-order valence-corrected chi connectivity index (χ2v) is 11.8. The molecule has 0 fully saturated rings. The first-order chi connectivity index (χ1) is 17.5. The average molecular weight is 556 g/mol. The van der Waals surface area contributed by atoms with Crippen molar-refractivity contribution >= 4 is 65.6 Å². The molecule has 0 unspecified atom stereocenters. The van der Waals surface area contributed by atoms with Crippen LogP contribution in [0.4, 0.5) is 11.4 Å². The first kappa shape index (κ1) is 24.1. The second kappa shape index (κ2) is 10.5. The van der Waals surface area contributed by atoms with Gasteiger partial charge in [0.1, 0.15) is 0 Å². The molecule has 0 atom stereocenters. The van der Waals surface area contributed by atoms with Crippen LogP contribution in [0.2, 0.25) is 0 Å². The minimum absolute atomic E-state index is 0.0853. The molecule has 179 valence electrons. The summed E-state index contributed by atoms with van der Waals surface area (Å²) in [6.07, 6.45) is 4.62. The second-order valence-electron chi connectivity index (χ2n) is 8.54. The summed E-state index contributed by atoms with van der Waals surface area (Å²) < 4.78 is 1.13. The van der Waals surface area contributed by atoms with E-state index in [1.807, 2.05) is 78.1 Å². The van der Waals surface area contributed by atoms with Crippen LogP contribution in [0.15, 0.2) is 71.2 Å². The Hall–Kier alpha value is -3.66. The molecule has 7 nitrogen and oxygen atoms in total. The van der Waals surface area contributed by atoms with Gasteiger partial charge in [0.2, 0.25) is 0 Å². The van der Waals surface area contributed by atoms with Gasteiger partial charge in [-0.3, -0.25) is 0 Å². The summed E-state index contributed by atoms with van der Waals surface area (Å²) in [6, 6.07) is 18.3. The zero-order valence-electron chi connectivity index (χ0n) is 20.0. The number of nitrogens with one attached hydrogen (secondary N) is 1. The van der Waals surface area contributed by atoms with Crippen molar-refractivity contribution in [3.8, 4) is 6.19 Å². The molecular formula is C27H24AsN6OS. The van der Waals surface area contributed by atoms with E-state index in [2.05, 4.69) is 33.5 Å². The molecule has 0 saturated carbocycles. The summed E-state index contributed by atoms with van der Waals surface area (Å²) >= 11 is 1.26. The molecule has 1 N–H and O–H groups in total. The fourth-order valence-electron chi connectivity index (χ4n) is 4.36. The van der Waals surface area contributed by atoms with Gasteiger partial charge in [-0.05, 0) is 0 Å². The Kier molecular flexibility index (Phi) is 7.03. The maximum atomic E-state index is 13.3. The summed E-state index contributed by atoms with van der Waals surface area (Å²) in [5.41, 5.74) is 5.15. The first-order valence-corrected chi connectivity index (χ1v) is 14.6. The Balaban J connectivity index is 1.33. The van der Waals surface area contributed by atoms with E-state index in [0.29, 0.717) is 5.96 Å². The number of guanidine groups is 1. The van der Waals surface area contributed by atoms with Crippen LogP contribution in [-0.4, -0.2) is 58.1 Å². The van der Waals surface area contributed by atoms with E-state index < -0.39 is 0 Å². The Morgan fingerprint density at radius 1 is 1.25 bits per heavy atom. The van der Waals surface area contributed by atoms with Gasteiger partial charge >= 0.3 is 221 Å². The van der Waals surface area contributed by atoms with E-state index in [1.165, 1.54) is 27.8 Å². The number of amides is 1. The van der Waals surface area contributed by atoms with Crippen molar-refractivity contribution < 1.29 is 4.79 Å². The summed E-state index contributed by atoms with van der Waals surface area (Å²) in [5.74, 6) is 0.505. The monoisotopic (exact) mass is 555 g/mol. The number of nitrogens with zero attached hydrogens (tertiary/aromatic N) is 5. The average Bonchev–Trinajstić information content (AvgIpc) is 3.53. The molecule has 2 aromatic carbocycles. The van der Waals surface area contributed by atoms with Crippen LogP contribution in [0.5, 0.6) is 0 Å². The SMILES string of the molecule is CN(C)C(=NC#N)N1CCc2ccc(NC(=O)c3sccc3[As]Cc3ccnc4ccccc34)cc21. The fourth-order valence-corrected chi connectivity index (χ4v) is 8.12. The zero-order chi connectivity index (χ0) is 25.1. The van der Waals surface area contributed by atoms with Crippen molar-refractivity contribution in [1.29, 1.82) is 5.26 Å². The number of para-hydroxylation sites is 1. The fraction of sp³-hybridized carbons (Fsp3) is 0.185. The maximum absolute atomic E-state index is 13.3. The summed E-state index contributed by atoms with van der Waals surface area (Å²) in [7, 11) is 3.74. The Labute approximate surface area is 220 Å². The van der Waals surface area contributed by atoms with E-state index in [1.54, 1.807) is 0 Å². The molecule has 0 saturated heterocycles. The molecular weight excluding hydrogens is 531 g/mol. The number of carbonyl (C=O) groups excluding carboxylic acids is 1. The number of hydrogen-bond donors (Lipinski definition) is 1. The van der Waals surface area contributed by atoms with Gasteiger partial charge in [-0.1, -0.05) is 0 Å². The normalized spacial score (nSPS) is 13.2. The van der Waals surface area contributed by atoms with Crippen LogP contribution < -0.4 is 14.6 Å². The van der Waals surface area contributed by atoms with Crippen molar-refractivity contribution in [3.63, 3.8) is 0 Å². The van der Waals surface area contributed by atoms with Crippen LogP contribution in [0.25, 0.3) is 10.9 Å². The van der Waals surface area contributed by atoms with Gasteiger partial charge in [0.05, 0.1) is 0 Å². The third-order valence-corrected chi connectivity index (χ3v) is 9.83. The number of thiophene rings is 1. The van der Waals surface area contributed by atoms with Gasteiger partial charge in [-0.25, -0.2) is 0 Å². The number of benzene rings is 2. The van der Waals surface area contributed by atoms with Gasteiger partial charge < -0.3 is 0 Å². The molecule has 3 heterocycles. The van der Waals surface area contributed by atoms with Crippen LogP contribution in [0, 0.1) is 11.5 Å². The summed E-state index contributed by atoms with van der Waals surface area (Å²) in [4.78, 5) is 26.3. The van der Waals surface area contributed by atoms with Crippen molar-refractivity contribution in [2.75, 3.05) is 30.9 Å². The number of carbonyl (C=O) groups is 1. The molecule has 5 rings (SSSR count). The van der Waals surface area contributed by atoms with Crippen LogP contribution in [0.3, 0.4) is 0 Å². The minimum atomic E-state index is -0.220. The zero-order valence-corrected chi connectivity index (χ0v) is 22.7. The molecule has 2 aromatic heterocycles. The predicted octanol–water partition coefficient (Wildman–Crippen LogP) is 3.84. The topological polar surface area (TPSA) is 84.6 Å². The molecule has 0 bridgehead atoms. The number of pyridine rings is 1. The Bertz CT molecular complexity index is 1500. The molecule has 1 aliphatic heterocycles. The van der Waals surface area contributed by atoms with Gasteiger partial charge in [0.15, 0.2) is 0 Å². The molecule has 36 heavy (non-hydrogen) atoms. The number of aromatic nitrogens is 1. The molecule has 9 heteroatoms. The molecule has 1 amide bonds. The van der Waals surface area contributed by atoms with E-state index in [-0.39, 0.29) is 21.7 Å². The number of fused-ring (bicyclic) bond motifs is 2. The van der Waals surface area contributed by atoms with E-state index in [4.69, 9.17) is 5.26 Å². The number of rotatable bonds is 5. The van der Waals surface area contributed by atoms with Crippen molar-refractivity contribution in [3.05, 3.63) is 82.2 Å². The number of anilines is 2. The van der Waals surface area contributed by atoms with E-state index >= 15 is 0 Å². The van der Waals surface area contributed by atoms with E-state index in [0.717, 1.165) is 44.3 Å². The van der Waals surface area contributed by atoms with Crippen molar-refractivity contribution in [2.45, 2.75) is 11.6 Å². The van der Waals surface area contributed by atoms with Gasteiger partial charge in [-0.2, -0.15) is 0 Å². The number of nitriles is 1. The molecule has 1 aliphatic rings. The van der Waals surface area contributed by atoms with E-state index in [9.17, 15) is 4.79 Å². The van der Waals surface area contributed by atoms with Crippen LogP contribution in [0.1, 0.15) is 20.8 Å². The predicted molar refractivity (Wildman–Crippen MR) is 147 cm³/mol. The third kappa shape index (κ3) is 4.86. The Morgan fingerprint density at radius 3 is 2.94 bits per heavy atom. The standard InChI is InChI=1S/C27H24AsN6OS/c1-33(2)27(31-17-29)34-13-10-18-7-8-20(15-24(18)34)32-26(35)25-22(11-14-36-25)28-16-19-9-12-30-23-6-4-3-5-21(19)23/h3-9,11-12,14-15H,10,13,16H2,1-2H3,(H,32,35). The third-order valence-electron chi connectivity index (χ3n) is 6.04. The van der Waals surface area contributed by atoms with Gasteiger partial charge in [0, 0.05) is 0 Å². The number of aliphatic imine (C=N–C) groups is 1. The van der Waals surface area contributed by atoms with Crippen LogP contribution >= 0.6 is 11.3 Å². The molecule has 4 aromatic rings. The van der Waals surface area contributed by atoms with Gasteiger partial charge in [0.25, 0.3) is 0 Å². The summed E-state index contributed by atoms with van der Waals surface area (Å²) in [5, 5.41) is 16.3.